The molecule has 5 N–H and O–H groups in total. The van der Waals surface area contributed by atoms with E-state index in [1.807, 2.05) is 26.0 Å². The molecule has 0 radical (unpaired) electrons. The summed E-state index contributed by atoms with van der Waals surface area (Å²) in [6, 6.07) is 12.2. The molecule has 0 unspecified atom stereocenters. The maximum Gasteiger partial charge on any atom is 0.407 e. The molecule has 1 aliphatic carbocycles. The van der Waals surface area contributed by atoms with Gasteiger partial charge >= 0.3 is 12.2 Å². The summed E-state index contributed by atoms with van der Waals surface area (Å²) in [5.41, 5.74) is 4.45. The fourth-order valence-corrected chi connectivity index (χ4v) is 13.5. The van der Waals surface area contributed by atoms with Crippen molar-refractivity contribution in [3.8, 4) is 0 Å². The maximum absolute atomic E-state index is 17.0. The van der Waals surface area contributed by atoms with E-state index in [0.29, 0.717) is 80.1 Å². The number of rotatable bonds is 12. The monoisotopic (exact) mass is 1070 g/mol. The van der Waals surface area contributed by atoms with Gasteiger partial charge in [-0.05, 0) is 117 Å². The number of anilines is 2. The highest BCUT2D eigenvalue weighted by atomic mass is 19.1. The number of carbonyl (C=O) groups excluding carboxylic acids is 3. The van der Waals surface area contributed by atoms with E-state index < -0.39 is 71.7 Å². The van der Waals surface area contributed by atoms with Crippen LogP contribution in [0.25, 0.3) is 22.1 Å². The Morgan fingerprint density at radius 3 is 1.68 bits per heavy atom. The lowest BCUT2D eigenvalue weighted by atomic mass is 9.74. The minimum Gasteiger partial charge on any atom is -0.465 e. The van der Waals surface area contributed by atoms with Gasteiger partial charge in [-0.15, -0.1) is 0 Å². The Kier molecular flexibility index (Phi) is 14.0. The van der Waals surface area contributed by atoms with Crippen molar-refractivity contribution < 1.29 is 46.6 Å². The summed E-state index contributed by atoms with van der Waals surface area (Å²) in [4.78, 5) is 74.6. The van der Waals surface area contributed by atoms with Gasteiger partial charge in [0.05, 0.1) is 53.3 Å². The number of aromatic amines is 2. The van der Waals surface area contributed by atoms with Gasteiger partial charge in [-0.3, -0.25) is 9.59 Å². The molecule has 78 heavy (non-hydrogen) atoms. The number of methoxy groups -OCH3 is 1. The average Bonchev–Trinajstić information content (AvgIpc) is 4.42. The molecule has 4 saturated heterocycles. The minimum atomic E-state index is -1.31. The number of carboxylic acid groups (broad SMARTS) is 1. The van der Waals surface area contributed by atoms with E-state index in [4.69, 9.17) is 14.7 Å². The van der Waals surface area contributed by atoms with Crippen molar-refractivity contribution in [2.75, 3.05) is 43.1 Å². The highest BCUT2D eigenvalue weighted by Crippen LogP contribution is 2.51. The van der Waals surface area contributed by atoms with Crippen molar-refractivity contribution in [1.29, 1.82) is 0 Å². The number of halogens is 4. The number of likely N-dealkylation sites (tertiary alicyclic amines) is 2. The molecule has 0 saturated carbocycles. The first-order valence-corrected chi connectivity index (χ1v) is 27.4. The number of fused-ring (bicyclic) bond motifs is 4. The van der Waals surface area contributed by atoms with E-state index in [1.165, 1.54) is 42.5 Å². The van der Waals surface area contributed by atoms with Crippen LogP contribution < -0.4 is 20.4 Å². The highest BCUT2D eigenvalue weighted by molar-refractivity contribution is 5.87. The number of amides is 4. The van der Waals surface area contributed by atoms with Crippen LogP contribution in [0.5, 0.6) is 0 Å². The first kappa shape index (κ1) is 52.7. The van der Waals surface area contributed by atoms with Gasteiger partial charge in [0.15, 0.2) is 11.6 Å². The van der Waals surface area contributed by atoms with E-state index in [2.05, 4.69) is 32.7 Å². The quantitative estimate of drug-likeness (QED) is 0.0737. The number of piperidine rings is 1. The number of hydrogen-bond acceptors (Lipinski definition) is 9. The van der Waals surface area contributed by atoms with Gasteiger partial charge < -0.3 is 50.0 Å². The van der Waals surface area contributed by atoms with Gasteiger partial charge in [-0.25, -0.2) is 37.1 Å². The molecule has 0 bridgehead atoms. The van der Waals surface area contributed by atoms with Crippen molar-refractivity contribution in [1.82, 2.24) is 40.4 Å². The summed E-state index contributed by atoms with van der Waals surface area (Å²) in [6.45, 7) is 8.85. The zero-order chi connectivity index (χ0) is 54.9. The number of H-pyrrole nitrogens is 2. The van der Waals surface area contributed by atoms with Gasteiger partial charge in [0.2, 0.25) is 11.8 Å². The van der Waals surface area contributed by atoms with Crippen LogP contribution in [0.1, 0.15) is 144 Å². The summed E-state index contributed by atoms with van der Waals surface area (Å²) in [5, 5.41) is 14.5. The zero-order valence-corrected chi connectivity index (χ0v) is 44.5. The second-order valence-electron chi connectivity index (χ2n) is 22.6. The number of benzene rings is 4. The summed E-state index contributed by atoms with van der Waals surface area (Å²) >= 11 is 0. The number of hydrogen-bond donors (Lipinski definition) is 5. The Bertz CT molecular complexity index is 3300. The van der Waals surface area contributed by atoms with Crippen LogP contribution in [-0.4, -0.2) is 104 Å². The van der Waals surface area contributed by atoms with Gasteiger partial charge in [-0.2, -0.15) is 0 Å². The van der Waals surface area contributed by atoms with Crippen molar-refractivity contribution in [3.63, 3.8) is 0 Å². The number of aryl methyl sites for hydroxylation is 1. The lowest BCUT2D eigenvalue weighted by Crippen LogP contribution is -2.51. The minimum absolute atomic E-state index is 0.0464. The number of nitrogens with zero attached hydrogens (tertiary/aromatic N) is 6. The fraction of sp³-hybridized carbons (Fsp3) is 0.483. The normalized spacial score (nSPS) is 21.8. The molecule has 6 heterocycles. The molecule has 4 amide bonds. The van der Waals surface area contributed by atoms with E-state index >= 15 is 17.6 Å². The second-order valence-corrected chi connectivity index (χ2v) is 22.6. The molecule has 20 heteroatoms. The SMILES string of the molecule is COC(=O)N[C@H](C(=O)N1CCC[C@H]1c1nc2cc(F)c([C@H]3CC[C@H](c4cc5[nH]c([C@@H]6CCCN6C(=O)[C@@H](NC(=O)O)C(C)C)nc5cc4F)N3c3cc(F)c(N4CCC5(CCc6ccccc65)CC4)c(F)c3)cc2[nH]1)C(C)C. The standard InChI is InChI=1S/C58H66F4N10O6/c1-30(2)49(67-56(75)76)54(73)70-20-8-12-47(70)52-63-41-26-34(37(59)28-43(41)65-52)45-14-15-46(72(45)33-24-39(61)51(40(62)25-33)69-22-18-58(19-23-69)17-16-32-10-6-7-11-36(32)58)35-27-42-44(29-38(35)60)66-53(64-42)48-13-9-21-71(48)55(74)50(31(3)4)68-57(77)78-5/h6-7,10-11,24-31,45-50,67H,8-9,12-23H2,1-5H3,(H,63,65)(H,64,66)(H,68,77)(H,75,76)/t45-,46-,47+,48+,49+,50+/m1/s1. The van der Waals surface area contributed by atoms with E-state index in [-0.39, 0.29) is 69.9 Å². The molecular weight excluding hydrogens is 1010 g/mol. The molecule has 6 atom stereocenters. The number of carbonyl (C=O) groups is 4. The average molecular weight is 1080 g/mol. The first-order chi connectivity index (χ1) is 37.4. The number of ether oxygens (including phenoxy) is 1. The predicted octanol–water partition coefficient (Wildman–Crippen LogP) is 10.6. The number of aromatic nitrogens is 4. The van der Waals surface area contributed by atoms with Crippen LogP contribution in [0.15, 0.2) is 60.7 Å². The lowest BCUT2D eigenvalue weighted by Gasteiger charge is -2.41. The first-order valence-electron chi connectivity index (χ1n) is 27.4. The summed E-state index contributed by atoms with van der Waals surface area (Å²) in [5.74, 6) is -3.27. The molecule has 16 nitrogen and oxygen atoms in total. The molecule has 4 aliphatic heterocycles. The van der Waals surface area contributed by atoms with Crippen LogP contribution in [0.4, 0.5) is 38.5 Å². The molecule has 412 valence electrons. The van der Waals surface area contributed by atoms with Crippen molar-refractivity contribution in [3.05, 3.63) is 118 Å². The van der Waals surface area contributed by atoms with Crippen molar-refractivity contribution >= 4 is 57.4 Å². The summed E-state index contributed by atoms with van der Waals surface area (Å²) < 4.78 is 72.8. The third kappa shape index (κ3) is 9.41. The molecular formula is C58H66F4N10O6. The van der Waals surface area contributed by atoms with E-state index in [9.17, 15) is 24.3 Å². The van der Waals surface area contributed by atoms with E-state index in [0.717, 1.165) is 25.7 Å². The molecule has 2 aromatic heterocycles. The molecule has 1 spiro atoms. The highest BCUT2D eigenvalue weighted by Gasteiger charge is 2.45. The molecule has 6 aromatic rings. The topological polar surface area (TPSA) is 192 Å². The Labute approximate surface area is 449 Å². The second kappa shape index (κ2) is 20.8. The lowest BCUT2D eigenvalue weighted by molar-refractivity contribution is -0.136. The third-order valence-electron chi connectivity index (χ3n) is 17.4. The number of nitrogens with one attached hydrogen (secondary N) is 4. The van der Waals surface area contributed by atoms with Gasteiger partial charge in [0, 0.05) is 55.1 Å². The zero-order valence-electron chi connectivity index (χ0n) is 44.5. The van der Waals surface area contributed by atoms with Crippen LogP contribution >= 0.6 is 0 Å². The number of alkyl carbamates (subject to hydrolysis) is 1. The van der Waals surface area contributed by atoms with Crippen LogP contribution in [0, 0.1) is 35.1 Å². The van der Waals surface area contributed by atoms with Gasteiger partial charge in [0.25, 0.3) is 0 Å². The molecule has 4 fully saturated rings. The Morgan fingerprint density at radius 1 is 0.667 bits per heavy atom. The van der Waals surface area contributed by atoms with Crippen molar-refractivity contribution in [2.24, 2.45) is 11.8 Å². The number of imidazole rings is 2. The Morgan fingerprint density at radius 2 is 1.18 bits per heavy atom. The van der Waals surface area contributed by atoms with Crippen LogP contribution in [0.2, 0.25) is 0 Å². The maximum atomic E-state index is 17.0. The molecule has 11 rings (SSSR count). The van der Waals surface area contributed by atoms with Gasteiger partial charge in [0.1, 0.15) is 41.1 Å². The summed E-state index contributed by atoms with van der Waals surface area (Å²) in [7, 11) is 1.23. The van der Waals surface area contributed by atoms with E-state index in [1.54, 1.807) is 45.6 Å². The molecule has 5 aliphatic rings. The third-order valence-corrected chi connectivity index (χ3v) is 17.4. The fourth-order valence-electron chi connectivity index (χ4n) is 13.5. The van der Waals surface area contributed by atoms with Crippen molar-refractivity contribution in [2.45, 2.75) is 134 Å². The van der Waals surface area contributed by atoms with Gasteiger partial charge in [-0.1, -0.05) is 52.0 Å². The molecule has 4 aromatic carbocycles. The smallest absolute Gasteiger partial charge is 0.407 e. The Balaban J connectivity index is 0.939. The summed E-state index contributed by atoms with van der Waals surface area (Å²) in [6.07, 6.45) is 4.32. The van der Waals surface area contributed by atoms with Crippen LogP contribution in [-0.2, 0) is 26.2 Å². The Hall–Kier alpha value is -7.38. The predicted molar refractivity (Wildman–Crippen MR) is 285 cm³/mol. The van der Waals surface area contributed by atoms with Crippen LogP contribution in [0.3, 0.4) is 0 Å². The largest absolute Gasteiger partial charge is 0.465 e.